The third-order valence-electron chi connectivity index (χ3n) is 6.51. The zero-order valence-corrected chi connectivity index (χ0v) is 20.2. The van der Waals surface area contributed by atoms with Gasteiger partial charge in [0.1, 0.15) is 5.82 Å². The number of rotatable bonds is 9. The minimum atomic E-state index is 0.0706. The van der Waals surface area contributed by atoms with Crippen LogP contribution in [0.15, 0.2) is 71.6 Å². The molecule has 2 aromatic heterocycles. The lowest BCUT2D eigenvalue weighted by Crippen LogP contribution is -2.09. The molecule has 3 aromatic rings. The molecular formula is C28H30N4O2. The Balaban J connectivity index is 1.50. The standard InChI is InChI=1S/C28H30N4O2/c1-5-24(33)20-9-11-21(12-10-20)27-18(3)16-23(19(27)4)25(34)13-14-26-30-31-28(32(26)6-2)22-8-7-15-29-17-22/h7-12,15-17,27H,5-6,13-14H2,1-4H3. The summed E-state index contributed by atoms with van der Waals surface area (Å²) in [6, 6.07) is 11.6. The number of carbonyl (C=O) groups excluding carboxylic acids is 2. The van der Waals surface area contributed by atoms with Gasteiger partial charge in [-0.05, 0) is 38.5 Å². The van der Waals surface area contributed by atoms with E-state index in [1.54, 1.807) is 12.4 Å². The van der Waals surface area contributed by atoms with Crippen molar-refractivity contribution in [3.63, 3.8) is 0 Å². The second kappa shape index (κ2) is 10.1. The summed E-state index contributed by atoms with van der Waals surface area (Å²) < 4.78 is 2.04. The maximum atomic E-state index is 13.2. The van der Waals surface area contributed by atoms with Crippen LogP contribution < -0.4 is 0 Å². The fourth-order valence-corrected chi connectivity index (χ4v) is 4.72. The molecule has 174 valence electrons. The van der Waals surface area contributed by atoms with Crippen LogP contribution in [0.3, 0.4) is 0 Å². The van der Waals surface area contributed by atoms with E-state index in [0.717, 1.165) is 51.6 Å². The number of ketones is 2. The monoisotopic (exact) mass is 454 g/mol. The van der Waals surface area contributed by atoms with Gasteiger partial charge in [0.15, 0.2) is 17.4 Å². The van der Waals surface area contributed by atoms with Crippen molar-refractivity contribution in [1.29, 1.82) is 0 Å². The summed E-state index contributed by atoms with van der Waals surface area (Å²) in [6.45, 7) is 8.74. The predicted molar refractivity (Wildman–Crippen MR) is 133 cm³/mol. The molecule has 0 radical (unpaired) electrons. The van der Waals surface area contributed by atoms with Crippen molar-refractivity contribution in [2.45, 2.75) is 59.4 Å². The molecule has 6 heteroatoms. The normalized spacial score (nSPS) is 15.5. The van der Waals surface area contributed by atoms with Crippen molar-refractivity contribution in [3.05, 3.63) is 88.5 Å². The van der Waals surface area contributed by atoms with E-state index >= 15 is 0 Å². The fourth-order valence-electron chi connectivity index (χ4n) is 4.72. The number of benzene rings is 1. The molecule has 6 nitrogen and oxygen atoms in total. The number of Topliss-reactive ketones (excluding diaryl/α,β-unsaturated/α-hetero) is 2. The lowest BCUT2D eigenvalue weighted by atomic mass is 9.88. The second-order valence-corrected chi connectivity index (χ2v) is 8.67. The first-order valence-electron chi connectivity index (χ1n) is 11.8. The summed E-state index contributed by atoms with van der Waals surface area (Å²) in [6.07, 6.45) is 6.92. The molecular weight excluding hydrogens is 424 g/mol. The van der Waals surface area contributed by atoms with Crippen molar-refractivity contribution in [1.82, 2.24) is 19.7 Å². The molecule has 0 N–H and O–H groups in total. The average Bonchev–Trinajstić information content (AvgIpc) is 3.42. The van der Waals surface area contributed by atoms with Crippen LogP contribution >= 0.6 is 0 Å². The number of aryl methyl sites for hydroxylation is 1. The van der Waals surface area contributed by atoms with Gasteiger partial charge in [0.25, 0.3) is 0 Å². The number of hydrogen-bond acceptors (Lipinski definition) is 5. The van der Waals surface area contributed by atoms with Crippen molar-refractivity contribution in [2.24, 2.45) is 0 Å². The third-order valence-corrected chi connectivity index (χ3v) is 6.51. The number of aromatic nitrogens is 4. The first-order chi connectivity index (χ1) is 16.4. The topological polar surface area (TPSA) is 77.7 Å². The number of allylic oxidation sites excluding steroid dienone is 4. The average molecular weight is 455 g/mol. The molecule has 34 heavy (non-hydrogen) atoms. The maximum Gasteiger partial charge on any atom is 0.165 e. The van der Waals surface area contributed by atoms with Gasteiger partial charge in [-0.3, -0.25) is 14.6 Å². The molecule has 1 atom stereocenters. The summed E-state index contributed by atoms with van der Waals surface area (Å²) >= 11 is 0. The van der Waals surface area contributed by atoms with Crippen LogP contribution in [-0.4, -0.2) is 31.3 Å². The van der Waals surface area contributed by atoms with Crippen molar-refractivity contribution >= 4 is 11.6 Å². The van der Waals surface area contributed by atoms with E-state index in [1.165, 1.54) is 0 Å². The smallest absolute Gasteiger partial charge is 0.165 e. The molecule has 2 heterocycles. The molecule has 0 bridgehead atoms. The first kappa shape index (κ1) is 23.5. The summed E-state index contributed by atoms with van der Waals surface area (Å²) in [5.74, 6) is 1.90. The largest absolute Gasteiger partial charge is 0.311 e. The number of nitrogens with zero attached hydrogens (tertiary/aromatic N) is 4. The van der Waals surface area contributed by atoms with Crippen molar-refractivity contribution in [2.75, 3.05) is 0 Å². The van der Waals surface area contributed by atoms with Crippen LogP contribution in [0.1, 0.15) is 68.2 Å². The number of carbonyl (C=O) groups is 2. The Morgan fingerprint density at radius 2 is 1.76 bits per heavy atom. The summed E-state index contributed by atoms with van der Waals surface area (Å²) in [7, 11) is 0. The quantitative estimate of drug-likeness (QED) is 0.398. The highest BCUT2D eigenvalue weighted by molar-refractivity contribution is 6.00. The van der Waals surface area contributed by atoms with Gasteiger partial charge in [-0.25, -0.2) is 0 Å². The summed E-state index contributed by atoms with van der Waals surface area (Å²) in [5, 5.41) is 8.71. The Kier molecular flexibility index (Phi) is 6.96. The number of pyridine rings is 1. The predicted octanol–water partition coefficient (Wildman–Crippen LogP) is 5.51. The summed E-state index contributed by atoms with van der Waals surface area (Å²) in [4.78, 5) is 29.3. The van der Waals surface area contributed by atoms with Crippen molar-refractivity contribution in [3.8, 4) is 11.4 Å². The minimum Gasteiger partial charge on any atom is -0.311 e. The van der Waals surface area contributed by atoms with Gasteiger partial charge in [0, 0.05) is 60.8 Å². The molecule has 1 aromatic carbocycles. The lowest BCUT2D eigenvalue weighted by Gasteiger charge is -2.16. The van der Waals surface area contributed by atoms with E-state index in [2.05, 4.69) is 22.1 Å². The highest BCUT2D eigenvalue weighted by Crippen LogP contribution is 2.40. The second-order valence-electron chi connectivity index (χ2n) is 8.67. The highest BCUT2D eigenvalue weighted by Gasteiger charge is 2.27. The fraction of sp³-hybridized carbons (Fsp3) is 0.321. The van der Waals surface area contributed by atoms with Gasteiger partial charge in [-0.2, -0.15) is 0 Å². The molecule has 0 amide bonds. The van der Waals surface area contributed by atoms with Gasteiger partial charge < -0.3 is 4.57 Å². The molecule has 4 rings (SSSR count). The Labute approximate surface area is 200 Å². The van der Waals surface area contributed by atoms with E-state index in [1.807, 2.05) is 67.8 Å². The van der Waals surface area contributed by atoms with Gasteiger partial charge in [-0.1, -0.05) is 48.4 Å². The molecule has 0 saturated heterocycles. The zero-order valence-electron chi connectivity index (χ0n) is 20.2. The van der Waals surface area contributed by atoms with Gasteiger partial charge >= 0.3 is 0 Å². The van der Waals surface area contributed by atoms with Crippen LogP contribution in [0.4, 0.5) is 0 Å². The summed E-state index contributed by atoms with van der Waals surface area (Å²) in [5.41, 5.74) is 5.74. The van der Waals surface area contributed by atoms with E-state index in [9.17, 15) is 9.59 Å². The van der Waals surface area contributed by atoms with Crippen LogP contribution in [-0.2, 0) is 17.8 Å². The molecule has 1 aliphatic carbocycles. The van der Waals surface area contributed by atoms with Crippen molar-refractivity contribution < 1.29 is 9.59 Å². The molecule has 1 aliphatic rings. The van der Waals surface area contributed by atoms with E-state index in [0.29, 0.717) is 19.3 Å². The minimum absolute atomic E-state index is 0.0706. The third kappa shape index (κ3) is 4.53. The van der Waals surface area contributed by atoms with Gasteiger partial charge in [-0.15, -0.1) is 10.2 Å². The first-order valence-corrected chi connectivity index (χ1v) is 11.8. The molecule has 1 unspecified atom stereocenters. The van der Waals surface area contributed by atoms with E-state index in [-0.39, 0.29) is 17.5 Å². The Morgan fingerprint density at radius 3 is 2.41 bits per heavy atom. The molecule has 0 saturated carbocycles. The Hall–Kier alpha value is -3.67. The Bertz CT molecular complexity index is 1270. The van der Waals surface area contributed by atoms with E-state index < -0.39 is 0 Å². The van der Waals surface area contributed by atoms with Crippen LogP contribution in [0.25, 0.3) is 11.4 Å². The molecule has 0 fully saturated rings. The van der Waals surface area contributed by atoms with Crippen LogP contribution in [0.2, 0.25) is 0 Å². The highest BCUT2D eigenvalue weighted by atomic mass is 16.1. The molecule has 0 spiro atoms. The lowest BCUT2D eigenvalue weighted by molar-refractivity contribution is -0.115. The van der Waals surface area contributed by atoms with Crippen LogP contribution in [0, 0.1) is 0 Å². The molecule has 0 aliphatic heterocycles. The van der Waals surface area contributed by atoms with Gasteiger partial charge in [0.05, 0.1) is 0 Å². The van der Waals surface area contributed by atoms with E-state index in [4.69, 9.17) is 0 Å². The Morgan fingerprint density at radius 1 is 1.00 bits per heavy atom. The number of hydrogen-bond donors (Lipinski definition) is 0. The maximum absolute atomic E-state index is 13.2. The zero-order chi connectivity index (χ0) is 24.2. The van der Waals surface area contributed by atoms with Gasteiger partial charge in [0.2, 0.25) is 0 Å². The SMILES string of the molecule is CCC(=O)c1ccc(C2C(C)=CC(C(=O)CCc3nnc(-c4cccnc4)n3CC)=C2C)cc1. The van der Waals surface area contributed by atoms with Crippen LogP contribution in [0.5, 0.6) is 0 Å².